The van der Waals surface area contributed by atoms with E-state index in [0.29, 0.717) is 11.6 Å². The normalized spacial score (nSPS) is 10.7. The number of carbonyl (C=O) groups excluding carboxylic acids is 1. The minimum atomic E-state index is 0.0486. The van der Waals surface area contributed by atoms with Crippen molar-refractivity contribution < 1.29 is 4.79 Å². The molecule has 2 nitrogen and oxygen atoms in total. The quantitative estimate of drug-likeness (QED) is 0.779. The summed E-state index contributed by atoms with van der Waals surface area (Å²) in [6.07, 6.45) is 1.90. The Morgan fingerprint density at radius 1 is 1.19 bits per heavy atom. The Balaban J connectivity index is 2.28. The number of benzene rings is 1. The highest BCUT2D eigenvalue weighted by Crippen LogP contribution is 2.17. The van der Waals surface area contributed by atoms with Crippen molar-refractivity contribution in [3.05, 3.63) is 59.4 Å². The molecule has 16 heavy (non-hydrogen) atoms. The minimum absolute atomic E-state index is 0.0486. The van der Waals surface area contributed by atoms with E-state index in [4.69, 9.17) is 0 Å². The third-order valence-corrected chi connectivity index (χ3v) is 2.65. The number of aromatic nitrogens is 1. The van der Waals surface area contributed by atoms with E-state index in [0.717, 1.165) is 5.56 Å². The maximum atomic E-state index is 12.1. The summed E-state index contributed by atoms with van der Waals surface area (Å²) in [4.78, 5) is 15.1. The fraction of sp³-hybridized carbons (Fsp3) is 0.214. The van der Waals surface area contributed by atoms with Gasteiger partial charge in [-0.3, -0.25) is 4.79 Å². The van der Waals surface area contributed by atoms with Gasteiger partial charge in [-0.1, -0.05) is 44.2 Å². The number of rotatable bonds is 3. The van der Waals surface area contributed by atoms with Gasteiger partial charge in [-0.2, -0.15) is 0 Å². The van der Waals surface area contributed by atoms with E-state index in [1.807, 2.05) is 42.6 Å². The highest BCUT2D eigenvalue weighted by atomic mass is 16.1. The molecule has 0 aliphatic carbocycles. The number of nitrogens with one attached hydrogen (secondary N) is 1. The number of carbonyl (C=O) groups is 1. The number of ketones is 1. The molecule has 1 aromatic heterocycles. The van der Waals surface area contributed by atoms with E-state index in [1.165, 1.54) is 5.56 Å². The van der Waals surface area contributed by atoms with Crippen molar-refractivity contribution in [2.45, 2.75) is 19.8 Å². The van der Waals surface area contributed by atoms with E-state index in [1.54, 1.807) is 0 Å². The second-order valence-corrected chi connectivity index (χ2v) is 4.20. The van der Waals surface area contributed by atoms with Crippen molar-refractivity contribution in [1.29, 1.82) is 0 Å². The van der Waals surface area contributed by atoms with Crippen LogP contribution in [0, 0.1) is 0 Å². The van der Waals surface area contributed by atoms with Crippen LogP contribution in [-0.2, 0) is 0 Å². The number of hydrogen-bond donors (Lipinski definition) is 1. The second-order valence-electron chi connectivity index (χ2n) is 4.20. The van der Waals surface area contributed by atoms with Crippen molar-refractivity contribution >= 4 is 5.78 Å². The van der Waals surface area contributed by atoms with Gasteiger partial charge < -0.3 is 4.98 Å². The predicted molar refractivity (Wildman–Crippen MR) is 64.8 cm³/mol. The highest BCUT2D eigenvalue weighted by molar-refractivity contribution is 6.07. The van der Waals surface area contributed by atoms with Crippen molar-refractivity contribution in [2.75, 3.05) is 0 Å². The van der Waals surface area contributed by atoms with Gasteiger partial charge in [-0.05, 0) is 17.5 Å². The molecular weight excluding hydrogens is 198 g/mol. The van der Waals surface area contributed by atoms with Crippen LogP contribution in [0.15, 0.2) is 42.6 Å². The molecule has 0 aliphatic rings. The molecule has 0 bridgehead atoms. The molecule has 0 radical (unpaired) electrons. The first kappa shape index (κ1) is 10.7. The average molecular weight is 213 g/mol. The predicted octanol–water partition coefficient (Wildman–Crippen LogP) is 3.37. The van der Waals surface area contributed by atoms with Crippen molar-refractivity contribution in [2.24, 2.45) is 0 Å². The fourth-order valence-corrected chi connectivity index (χ4v) is 1.62. The molecule has 2 heteroatoms. The zero-order chi connectivity index (χ0) is 11.5. The van der Waals surface area contributed by atoms with Crippen molar-refractivity contribution in [3.63, 3.8) is 0 Å². The molecule has 2 aromatic rings. The van der Waals surface area contributed by atoms with E-state index >= 15 is 0 Å². The first-order chi connectivity index (χ1) is 7.68. The molecular formula is C14H15NO. The summed E-state index contributed by atoms with van der Waals surface area (Å²) in [5, 5.41) is 0. The molecule has 0 atom stereocenters. The summed E-state index contributed by atoms with van der Waals surface area (Å²) in [5.41, 5.74) is 2.55. The first-order valence-corrected chi connectivity index (χ1v) is 5.46. The van der Waals surface area contributed by atoms with Gasteiger partial charge in [0.2, 0.25) is 5.78 Å². The van der Waals surface area contributed by atoms with Crippen LogP contribution in [0.4, 0.5) is 0 Å². The molecule has 1 aromatic carbocycles. The summed E-state index contributed by atoms with van der Waals surface area (Å²) < 4.78 is 0. The molecule has 1 heterocycles. The maximum absolute atomic E-state index is 12.1. The smallest absolute Gasteiger partial charge is 0.209 e. The van der Waals surface area contributed by atoms with E-state index in [2.05, 4.69) is 18.8 Å². The number of H-pyrrole nitrogens is 1. The van der Waals surface area contributed by atoms with Gasteiger partial charge in [0.15, 0.2) is 0 Å². The minimum Gasteiger partial charge on any atom is -0.358 e. The lowest BCUT2D eigenvalue weighted by Crippen LogP contribution is -2.00. The van der Waals surface area contributed by atoms with Crippen molar-refractivity contribution in [1.82, 2.24) is 4.98 Å². The Labute approximate surface area is 95.3 Å². The summed E-state index contributed by atoms with van der Waals surface area (Å²) in [6.45, 7) is 4.22. The topological polar surface area (TPSA) is 32.9 Å². The molecule has 0 unspecified atom stereocenters. The van der Waals surface area contributed by atoms with Crippen LogP contribution >= 0.6 is 0 Å². The van der Waals surface area contributed by atoms with Crippen LogP contribution < -0.4 is 0 Å². The summed E-state index contributed by atoms with van der Waals surface area (Å²) >= 11 is 0. The SMILES string of the molecule is CC(C)c1c[nH]c(C(=O)c2ccccc2)c1. The monoisotopic (exact) mass is 213 g/mol. The molecule has 0 aliphatic heterocycles. The van der Waals surface area contributed by atoms with Gasteiger partial charge in [-0.15, -0.1) is 0 Å². The Morgan fingerprint density at radius 2 is 1.88 bits per heavy atom. The standard InChI is InChI=1S/C14H15NO/c1-10(2)12-8-13(15-9-12)14(16)11-6-4-3-5-7-11/h3-10,15H,1-2H3. The van der Waals surface area contributed by atoms with Crippen LogP contribution in [0.1, 0.15) is 41.4 Å². The maximum Gasteiger partial charge on any atom is 0.209 e. The largest absolute Gasteiger partial charge is 0.358 e. The Hall–Kier alpha value is -1.83. The third-order valence-electron chi connectivity index (χ3n) is 2.65. The van der Waals surface area contributed by atoms with Gasteiger partial charge in [0.25, 0.3) is 0 Å². The van der Waals surface area contributed by atoms with Crippen LogP contribution in [0.3, 0.4) is 0 Å². The van der Waals surface area contributed by atoms with Gasteiger partial charge in [0.1, 0.15) is 0 Å². The van der Waals surface area contributed by atoms with E-state index < -0.39 is 0 Å². The Kier molecular flexibility index (Phi) is 2.91. The lowest BCUT2D eigenvalue weighted by atomic mass is 10.0. The van der Waals surface area contributed by atoms with Gasteiger partial charge in [0, 0.05) is 11.8 Å². The zero-order valence-corrected chi connectivity index (χ0v) is 9.53. The summed E-state index contributed by atoms with van der Waals surface area (Å²) in [6, 6.07) is 11.3. The van der Waals surface area contributed by atoms with Crippen molar-refractivity contribution in [3.8, 4) is 0 Å². The second kappa shape index (κ2) is 4.35. The molecule has 0 spiro atoms. The van der Waals surface area contributed by atoms with Crippen LogP contribution in [0.5, 0.6) is 0 Å². The van der Waals surface area contributed by atoms with Gasteiger partial charge in [-0.25, -0.2) is 0 Å². The average Bonchev–Trinajstić information content (AvgIpc) is 2.78. The highest BCUT2D eigenvalue weighted by Gasteiger charge is 2.11. The van der Waals surface area contributed by atoms with Crippen LogP contribution in [-0.4, -0.2) is 10.8 Å². The molecule has 0 amide bonds. The molecule has 0 fully saturated rings. The Bertz CT molecular complexity index is 482. The third kappa shape index (κ3) is 2.06. The lowest BCUT2D eigenvalue weighted by Gasteiger charge is -1.98. The van der Waals surface area contributed by atoms with Crippen LogP contribution in [0.2, 0.25) is 0 Å². The molecule has 82 valence electrons. The van der Waals surface area contributed by atoms with E-state index in [9.17, 15) is 4.79 Å². The fourth-order valence-electron chi connectivity index (χ4n) is 1.62. The first-order valence-electron chi connectivity index (χ1n) is 5.46. The Morgan fingerprint density at radius 3 is 2.44 bits per heavy atom. The summed E-state index contributed by atoms with van der Waals surface area (Å²) in [7, 11) is 0. The number of aromatic amines is 1. The van der Waals surface area contributed by atoms with Crippen LogP contribution in [0.25, 0.3) is 0 Å². The molecule has 2 rings (SSSR count). The molecule has 0 saturated carbocycles. The number of hydrogen-bond acceptors (Lipinski definition) is 1. The summed E-state index contributed by atoms with van der Waals surface area (Å²) in [5.74, 6) is 0.487. The lowest BCUT2D eigenvalue weighted by molar-refractivity contribution is 0.103. The molecule has 1 N–H and O–H groups in total. The van der Waals surface area contributed by atoms with Gasteiger partial charge in [0.05, 0.1) is 5.69 Å². The van der Waals surface area contributed by atoms with Gasteiger partial charge >= 0.3 is 0 Å². The molecule has 0 saturated heterocycles. The zero-order valence-electron chi connectivity index (χ0n) is 9.53. The van der Waals surface area contributed by atoms with E-state index in [-0.39, 0.29) is 5.78 Å².